The summed E-state index contributed by atoms with van der Waals surface area (Å²) in [5, 5.41) is 4.71. The number of hydrogen-bond donors (Lipinski definition) is 0. The van der Waals surface area contributed by atoms with Crippen LogP contribution in [0, 0.1) is 0 Å². The minimum Gasteiger partial charge on any atom is -0.342 e. The first-order chi connectivity index (χ1) is 13.2. The number of hydrogen-bond acceptors (Lipinski definition) is 6. The van der Waals surface area contributed by atoms with Gasteiger partial charge in [-0.3, -0.25) is 9.69 Å². The van der Waals surface area contributed by atoms with E-state index in [9.17, 15) is 4.79 Å². The molecule has 0 saturated carbocycles. The fourth-order valence-corrected chi connectivity index (χ4v) is 3.81. The Kier molecular flexibility index (Phi) is 5.59. The molecule has 0 spiro atoms. The van der Waals surface area contributed by atoms with E-state index in [1.807, 2.05) is 29.2 Å². The minimum atomic E-state index is 0.254. The first kappa shape index (κ1) is 18.3. The largest absolute Gasteiger partial charge is 0.342 e. The van der Waals surface area contributed by atoms with Crippen molar-refractivity contribution in [2.24, 2.45) is 0 Å². The highest BCUT2D eigenvalue weighted by Crippen LogP contribution is 2.23. The molecular weight excluding hydrogens is 366 g/mol. The van der Waals surface area contributed by atoms with E-state index in [-0.39, 0.29) is 5.91 Å². The maximum atomic E-state index is 12.4. The molecule has 0 N–H and O–H groups in total. The molecule has 0 aliphatic carbocycles. The lowest BCUT2D eigenvalue weighted by atomic mass is 10.1. The van der Waals surface area contributed by atoms with Crippen molar-refractivity contribution in [2.75, 3.05) is 50.7 Å². The molecule has 2 fully saturated rings. The summed E-state index contributed by atoms with van der Waals surface area (Å²) in [4.78, 5) is 23.2. The lowest BCUT2D eigenvalue weighted by Gasteiger charge is -2.35. The smallest absolute Gasteiger partial charge is 0.324 e. The van der Waals surface area contributed by atoms with Crippen molar-refractivity contribution in [3.8, 4) is 11.4 Å². The molecule has 27 heavy (non-hydrogen) atoms. The van der Waals surface area contributed by atoms with Crippen LogP contribution in [0.15, 0.2) is 28.8 Å². The van der Waals surface area contributed by atoms with Crippen molar-refractivity contribution in [1.82, 2.24) is 19.9 Å². The predicted molar refractivity (Wildman–Crippen MR) is 104 cm³/mol. The molecular formula is C19H24ClN5O2. The van der Waals surface area contributed by atoms with Crippen LogP contribution in [0.2, 0.25) is 5.02 Å². The molecule has 4 rings (SSSR count). The third kappa shape index (κ3) is 4.42. The van der Waals surface area contributed by atoms with Crippen LogP contribution in [0.1, 0.15) is 19.3 Å². The van der Waals surface area contributed by atoms with Gasteiger partial charge in [-0.05, 0) is 31.4 Å². The molecule has 0 unspecified atom stereocenters. The quantitative estimate of drug-likeness (QED) is 0.800. The molecule has 1 aromatic carbocycles. The van der Waals surface area contributed by atoms with Gasteiger partial charge in [0.25, 0.3) is 0 Å². The molecule has 3 heterocycles. The lowest BCUT2D eigenvalue weighted by molar-refractivity contribution is -0.133. The summed E-state index contributed by atoms with van der Waals surface area (Å²) in [7, 11) is 0. The normalized spacial score (nSPS) is 18.7. The fraction of sp³-hybridized carbons (Fsp3) is 0.526. The molecule has 7 nitrogen and oxygen atoms in total. The number of amides is 1. The maximum Gasteiger partial charge on any atom is 0.324 e. The van der Waals surface area contributed by atoms with E-state index >= 15 is 0 Å². The number of rotatable bonds is 4. The van der Waals surface area contributed by atoms with Gasteiger partial charge in [0.05, 0.1) is 6.54 Å². The van der Waals surface area contributed by atoms with Gasteiger partial charge in [-0.2, -0.15) is 4.98 Å². The molecule has 1 amide bonds. The van der Waals surface area contributed by atoms with Gasteiger partial charge in [0.15, 0.2) is 0 Å². The Morgan fingerprint density at radius 2 is 1.85 bits per heavy atom. The number of piperidine rings is 1. The zero-order valence-corrected chi connectivity index (χ0v) is 16.1. The van der Waals surface area contributed by atoms with Gasteiger partial charge in [-0.1, -0.05) is 28.9 Å². The van der Waals surface area contributed by atoms with Crippen LogP contribution in [0.5, 0.6) is 0 Å². The van der Waals surface area contributed by atoms with Crippen molar-refractivity contribution in [1.29, 1.82) is 0 Å². The Balaban J connectivity index is 1.31. The number of carbonyl (C=O) groups excluding carboxylic acids is 1. The molecule has 8 heteroatoms. The van der Waals surface area contributed by atoms with Gasteiger partial charge >= 0.3 is 6.01 Å². The van der Waals surface area contributed by atoms with Crippen LogP contribution in [0.4, 0.5) is 6.01 Å². The first-order valence-electron chi connectivity index (χ1n) is 9.54. The van der Waals surface area contributed by atoms with Gasteiger partial charge in [-0.15, -0.1) is 0 Å². The Labute approximate surface area is 163 Å². The van der Waals surface area contributed by atoms with E-state index in [0.29, 0.717) is 23.4 Å². The number of aromatic nitrogens is 2. The second-order valence-electron chi connectivity index (χ2n) is 7.12. The number of benzene rings is 1. The van der Waals surface area contributed by atoms with Crippen LogP contribution >= 0.6 is 11.6 Å². The van der Waals surface area contributed by atoms with E-state index in [1.165, 1.54) is 6.42 Å². The highest BCUT2D eigenvalue weighted by atomic mass is 35.5. The lowest BCUT2D eigenvalue weighted by Crippen LogP contribution is -2.50. The number of likely N-dealkylation sites (tertiary alicyclic amines) is 1. The molecule has 2 aliphatic heterocycles. The SMILES string of the molecule is O=C(CN1CCN(c2nc(-c3cccc(Cl)c3)no2)CC1)N1CCCCC1. The van der Waals surface area contributed by atoms with Gasteiger partial charge in [0.1, 0.15) is 0 Å². The van der Waals surface area contributed by atoms with E-state index in [2.05, 4.69) is 19.9 Å². The van der Waals surface area contributed by atoms with Crippen molar-refractivity contribution in [3.05, 3.63) is 29.3 Å². The van der Waals surface area contributed by atoms with Gasteiger partial charge in [0, 0.05) is 49.9 Å². The number of carbonyl (C=O) groups is 1. The van der Waals surface area contributed by atoms with E-state index in [4.69, 9.17) is 16.1 Å². The summed E-state index contributed by atoms with van der Waals surface area (Å²) in [5.41, 5.74) is 0.836. The number of piperazine rings is 1. The molecule has 2 aromatic rings. The Morgan fingerprint density at radius 1 is 1.07 bits per heavy atom. The first-order valence-corrected chi connectivity index (χ1v) is 9.91. The molecule has 0 bridgehead atoms. The summed E-state index contributed by atoms with van der Waals surface area (Å²) in [6.07, 6.45) is 3.50. The van der Waals surface area contributed by atoms with Gasteiger partial charge in [0.2, 0.25) is 11.7 Å². The summed E-state index contributed by atoms with van der Waals surface area (Å²) in [6, 6.07) is 7.93. The highest BCUT2D eigenvalue weighted by molar-refractivity contribution is 6.30. The number of anilines is 1. The van der Waals surface area contributed by atoms with Crippen LogP contribution in [-0.2, 0) is 4.79 Å². The summed E-state index contributed by atoms with van der Waals surface area (Å²) in [6.45, 7) is 5.49. The third-order valence-corrected chi connectivity index (χ3v) is 5.44. The summed E-state index contributed by atoms with van der Waals surface area (Å²) < 4.78 is 5.44. The average Bonchev–Trinajstić information content (AvgIpc) is 3.19. The zero-order valence-electron chi connectivity index (χ0n) is 15.3. The number of halogens is 1. The van der Waals surface area contributed by atoms with E-state index in [0.717, 1.165) is 57.7 Å². The van der Waals surface area contributed by atoms with Crippen LogP contribution in [-0.4, -0.2) is 71.7 Å². The van der Waals surface area contributed by atoms with Crippen LogP contribution in [0.25, 0.3) is 11.4 Å². The molecule has 144 valence electrons. The Bertz CT molecular complexity index is 782. The summed E-state index contributed by atoms with van der Waals surface area (Å²) in [5.74, 6) is 0.791. The van der Waals surface area contributed by atoms with Gasteiger partial charge in [-0.25, -0.2) is 0 Å². The van der Waals surface area contributed by atoms with Crippen LogP contribution in [0.3, 0.4) is 0 Å². The second kappa shape index (κ2) is 8.27. The molecule has 2 saturated heterocycles. The fourth-order valence-electron chi connectivity index (χ4n) is 3.62. The van der Waals surface area contributed by atoms with Gasteiger partial charge < -0.3 is 14.3 Å². The monoisotopic (exact) mass is 389 g/mol. The van der Waals surface area contributed by atoms with Crippen molar-refractivity contribution >= 4 is 23.5 Å². The Morgan fingerprint density at radius 3 is 2.59 bits per heavy atom. The van der Waals surface area contributed by atoms with Crippen molar-refractivity contribution < 1.29 is 9.32 Å². The molecule has 0 radical (unpaired) electrons. The summed E-state index contributed by atoms with van der Waals surface area (Å²) >= 11 is 6.03. The Hall–Kier alpha value is -2.12. The topological polar surface area (TPSA) is 65.7 Å². The van der Waals surface area contributed by atoms with Crippen LogP contribution < -0.4 is 4.90 Å². The zero-order chi connectivity index (χ0) is 18.6. The average molecular weight is 390 g/mol. The molecule has 2 aliphatic rings. The molecule has 1 aromatic heterocycles. The predicted octanol–water partition coefficient (Wildman–Crippen LogP) is 2.52. The standard InChI is InChI=1S/C19H24ClN5O2/c20-16-6-4-5-15(13-16)18-21-19(27-22-18)25-11-9-23(10-12-25)14-17(26)24-7-2-1-3-8-24/h4-6,13H,1-3,7-12,14H2. The maximum absolute atomic E-state index is 12.4. The van der Waals surface area contributed by atoms with E-state index in [1.54, 1.807) is 0 Å². The minimum absolute atomic E-state index is 0.254. The second-order valence-corrected chi connectivity index (χ2v) is 7.55. The van der Waals surface area contributed by atoms with Crippen molar-refractivity contribution in [2.45, 2.75) is 19.3 Å². The molecule has 0 atom stereocenters. The highest BCUT2D eigenvalue weighted by Gasteiger charge is 2.25. The number of nitrogens with zero attached hydrogens (tertiary/aromatic N) is 5. The van der Waals surface area contributed by atoms with Crippen molar-refractivity contribution in [3.63, 3.8) is 0 Å². The third-order valence-electron chi connectivity index (χ3n) is 5.21. The van der Waals surface area contributed by atoms with E-state index < -0.39 is 0 Å².